The minimum absolute atomic E-state index is 0.0241. The van der Waals surface area contributed by atoms with E-state index in [1.165, 1.54) is 18.2 Å². The van der Waals surface area contributed by atoms with E-state index >= 15 is 0 Å². The number of benzene rings is 1. The predicted octanol–water partition coefficient (Wildman–Crippen LogP) is 2.50. The van der Waals surface area contributed by atoms with Crippen molar-refractivity contribution in [2.45, 2.75) is 13.3 Å². The lowest BCUT2D eigenvalue weighted by Gasteiger charge is -1.98. The maximum atomic E-state index is 9.75. The highest BCUT2D eigenvalue weighted by Gasteiger charge is 2.14. The Bertz CT molecular complexity index is 751. The van der Waals surface area contributed by atoms with Gasteiger partial charge in [-0.25, -0.2) is 4.98 Å². The van der Waals surface area contributed by atoms with E-state index in [1.54, 1.807) is 11.3 Å². The number of thiazole rings is 1. The molecule has 7 heteroatoms. The van der Waals surface area contributed by atoms with Gasteiger partial charge in [-0.2, -0.15) is 4.98 Å². The van der Waals surface area contributed by atoms with Crippen LogP contribution in [-0.2, 0) is 6.42 Å². The van der Waals surface area contributed by atoms with E-state index in [-0.39, 0.29) is 17.4 Å². The number of aryl methyl sites for hydroxylation is 1. The van der Waals surface area contributed by atoms with Gasteiger partial charge in [-0.3, -0.25) is 0 Å². The third-order valence-electron chi connectivity index (χ3n) is 2.69. The van der Waals surface area contributed by atoms with Crippen LogP contribution in [0.15, 0.2) is 28.1 Å². The summed E-state index contributed by atoms with van der Waals surface area (Å²) in [6.07, 6.45) is 0.479. The van der Waals surface area contributed by atoms with Gasteiger partial charge in [0, 0.05) is 11.4 Å². The molecule has 0 bridgehead atoms. The smallest absolute Gasteiger partial charge is 0.261 e. The normalized spacial score (nSPS) is 10.8. The van der Waals surface area contributed by atoms with Gasteiger partial charge in [-0.15, -0.1) is 11.3 Å². The molecule has 2 N–H and O–H groups in total. The Labute approximate surface area is 118 Å². The summed E-state index contributed by atoms with van der Waals surface area (Å²) >= 11 is 1.57. The molecule has 0 saturated carbocycles. The summed E-state index contributed by atoms with van der Waals surface area (Å²) in [5.74, 6) is 0.580. The molecule has 1 aromatic carbocycles. The van der Waals surface area contributed by atoms with Crippen LogP contribution in [0.1, 0.15) is 16.5 Å². The Morgan fingerprint density at radius 3 is 2.80 bits per heavy atom. The van der Waals surface area contributed by atoms with E-state index in [0.29, 0.717) is 17.8 Å². The lowest BCUT2D eigenvalue weighted by molar-refractivity contribution is 0.416. The summed E-state index contributed by atoms with van der Waals surface area (Å²) in [4.78, 5) is 8.55. The Hall–Kier alpha value is -2.41. The van der Waals surface area contributed by atoms with Crippen LogP contribution in [0.4, 0.5) is 0 Å². The van der Waals surface area contributed by atoms with Crippen molar-refractivity contribution < 1.29 is 14.7 Å². The zero-order valence-electron chi connectivity index (χ0n) is 10.6. The molecule has 0 atom stereocenters. The monoisotopic (exact) mass is 289 g/mol. The van der Waals surface area contributed by atoms with Crippen molar-refractivity contribution in [3.63, 3.8) is 0 Å². The van der Waals surface area contributed by atoms with Crippen molar-refractivity contribution in [3.8, 4) is 23.0 Å². The fraction of sp³-hybridized carbons (Fsp3) is 0.154. The Morgan fingerprint density at radius 1 is 1.25 bits per heavy atom. The van der Waals surface area contributed by atoms with Gasteiger partial charge in [-0.05, 0) is 19.1 Å². The van der Waals surface area contributed by atoms with Crippen molar-refractivity contribution in [1.29, 1.82) is 0 Å². The molecule has 0 unspecified atom stereocenters. The van der Waals surface area contributed by atoms with E-state index in [0.717, 1.165) is 10.7 Å². The molecule has 0 fully saturated rings. The number of aromatic nitrogens is 3. The number of nitrogens with zero attached hydrogens (tertiary/aromatic N) is 3. The van der Waals surface area contributed by atoms with Crippen molar-refractivity contribution in [2.75, 3.05) is 0 Å². The van der Waals surface area contributed by atoms with Crippen LogP contribution in [0.5, 0.6) is 11.5 Å². The maximum absolute atomic E-state index is 9.75. The summed E-state index contributed by atoms with van der Waals surface area (Å²) in [6, 6.07) is 4.20. The van der Waals surface area contributed by atoms with Gasteiger partial charge >= 0.3 is 0 Å². The second-order valence-electron chi connectivity index (χ2n) is 4.25. The first-order chi connectivity index (χ1) is 9.61. The topological polar surface area (TPSA) is 92.3 Å². The molecule has 20 heavy (non-hydrogen) atoms. The molecular weight excluding hydrogens is 278 g/mol. The molecular formula is C13H11N3O3S. The Kier molecular flexibility index (Phi) is 3.11. The Morgan fingerprint density at radius 2 is 2.10 bits per heavy atom. The number of rotatable bonds is 3. The fourth-order valence-electron chi connectivity index (χ4n) is 1.79. The molecule has 0 amide bonds. The van der Waals surface area contributed by atoms with Crippen molar-refractivity contribution in [2.24, 2.45) is 0 Å². The first kappa shape index (κ1) is 12.6. The van der Waals surface area contributed by atoms with Gasteiger partial charge in [0.2, 0.25) is 0 Å². The predicted molar refractivity (Wildman–Crippen MR) is 72.7 cm³/mol. The third kappa shape index (κ3) is 2.48. The van der Waals surface area contributed by atoms with E-state index < -0.39 is 0 Å². The highest BCUT2D eigenvalue weighted by Crippen LogP contribution is 2.30. The van der Waals surface area contributed by atoms with Gasteiger partial charge in [0.25, 0.3) is 5.89 Å². The zero-order chi connectivity index (χ0) is 14.1. The summed E-state index contributed by atoms with van der Waals surface area (Å²) in [7, 11) is 0. The van der Waals surface area contributed by atoms with E-state index in [4.69, 9.17) is 4.52 Å². The summed E-state index contributed by atoms with van der Waals surface area (Å²) in [6.45, 7) is 1.93. The fourth-order valence-corrected chi connectivity index (χ4v) is 2.40. The van der Waals surface area contributed by atoms with Crippen LogP contribution in [0.2, 0.25) is 0 Å². The third-order valence-corrected chi connectivity index (χ3v) is 3.51. The molecule has 0 aliphatic carbocycles. The van der Waals surface area contributed by atoms with E-state index in [9.17, 15) is 10.2 Å². The number of hydrogen-bond acceptors (Lipinski definition) is 7. The van der Waals surface area contributed by atoms with E-state index in [2.05, 4.69) is 15.1 Å². The number of aromatic hydroxyl groups is 2. The minimum atomic E-state index is -0.107. The molecule has 0 aliphatic rings. The first-order valence-corrected chi connectivity index (χ1v) is 6.76. The van der Waals surface area contributed by atoms with Crippen molar-refractivity contribution >= 4 is 11.3 Å². The van der Waals surface area contributed by atoms with Crippen LogP contribution >= 0.6 is 11.3 Å². The highest BCUT2D eigenvalue weighted by atomic mass is 32.1. The SMILES string of the molecule is Cc1nc(Cc2noc(-c3ccc(O)cc3O)n2)cs1. The molecule has 2 aromatic heterocycles. The van der Waals surface area contributed by atoms with E-state index in [1.807, 2.05) is 12.3 Å². The maximum Gasteiger partial charge on any atom is 0.261 e. The molecule has 3 rings (SSSR count). The lowest BCUT2D eigenvalue weighted by Crippen LogP contribution is -1.91. The number of hydrogen-bond donors (Lipinski definition) is 2. The average molecular weight is 289 g/mol. The lowest BCUT2D eigenvalue weighted by atomic mass is 10.2. The first-order valence-electron chi connectivity index (χ1n) is 5.88. The van der Waals surface area contributed by atoms with Gasteiger partial charge in [0.1, 0.15) is 11.5 Å². The summed E-state index contributed by atoms with van der Waals surface area (Å²) < 4.78 is 5.12. The highest BCUT2D eigenvalue weighted by molar-refractivity contribution is 7.09. The van der Waals surface area contributed by atoms with Crippen LogP contribution in [-0.4, -0.2) is 25.3 Å². The molecule has 3 aromatic rings. The van der Waals surface area contributed by atoms with Gasteiger partial charge < -0.3 is 14.7 Å². The van der Waals surface area contributed by atoms with Crippen molar-refractivity contribution in [1.82, 2.24) is 15.1 Å². The number of phenolic OH excluding ortho intramolecular Hbond substituents is 2. The second-order valence-corrected chi connectivity index (χ2v) is 5.31. The van der Waals surface area contributed by atoms with Crippen LogP contribution < -0.4 is 0 Å². The average Bonchev–Trinajstić information content (AvgIpc) is 2.99. The molecule has 102 valence electrons. The van der Waals surface area contributed by atoms with Gasteiger partial charge in [-0.1, -0.05) is 5.16 Å². The minimum Gasteiger partial charge on any atom is -0.508 e. The molecule has 0 radical (unpaired) electrons. The van der Waals surface area contributed by atoms with Crippen LogP contribution in [0, 0.1) is 6.92 Å². The molecule has 0 spiro atoms. The quantitative estimate of drug-likeness (QED) is 0.769. The largest absolute Gasteiger partial charge is 0.508 e. The van der Waals surface area contributed by atoms with Crippen LogP contribution in [0.3, 0.4) is 0 Å². The van der Waals surface area contributed by atoms with Crippen molar-refractivity contribution in [3.05, 3.63) is 40.1 Å². The molecule has 0 aliphatic heterocycles. The summed E-state index contributed by atoms with van der Waals surface area (Å²) in [5.41, 5.74) is 1.27. The molecule has 2 heterocycles. The molecule has 0 saturated heterocycles. The molecule has 6 nitrogen and oxygen atoms in total. The standard InChI is InChI=1S/C13H11N3O3S/c1-7-14-8(6-20-7)4-12-15-13(19-16-12)10-3-2-9(17)5-11(10)18/h2-3,5-6,17-18H,4H2,1H3. The van der Waals surface area contributed by atoms with Gasteiger partial charge in [0.05, 0.1) is 22.7 Å². The Balaban J connectivity index is 1.86. The number of phenols is 2. The van der Waals surface area contributed by atoms with Crippen LogP contribution in [0.25, 0.3) is 11.5 Å². The second kappa shape index (κ2) is 4.93. The van der Waals surface area contributed by atoms with Gasteiger partial charge in [0.15, 0.2) is 5.82 Å². The summed E-state index contributed by atoms with van der Waals surface area (Å²) in [5, 5.41) is 25.8. The zero-order valence-corrected chi connectivity index (χ0v) is 11.4.